The van der Waals surface area contributed by atoms with Gasteiger partial charge in [-0.1, -0.05) is 13.8 Å². The van der Waals surface area contributed by atoms with Crippen LogP contribution >= 0.6 is 0 Å². The first-order valence-corrected chi connectivity index (χ1v) is 6.08. The summed E-state index contributed by atoms with van der Waals surface area (Å²) in [6.45, 7) is 4.70. The van der Waals surface area contributed by atoms with Gasteiger partial charge in [0.2, 0.25) is 0 Å². The van der Waals surface area contributed by atoms with Gasteiger partial charge in [-0.25, -0.2) is 0 Å². The maximum atomic E-state index is 4.06. The SMILES string of the molecule is CC(C)C1CCC([n+]2ccncc2)CC1. The Labute approximate surface area is 92.4 Å². The van der Waals surface area contributed by atoms with Crippen LogP contribution in [0, 0.1) is 11.8 Å². The summed E-state index contributed by atoms with van der Waals surface area (Å²) in [6.07, 6.45) is 13.4. The van der Waals surface area contributed by atoms with E-state index in [0.717, 1.165) is 11.8 Å². The lowest BCUT2D eigenvalue weighted by Gasteiger charge is -2.27. The van der Waals surface area contributed by atoms with E-state index in [0.29, 0.717) is 6.04 Å². The third-order valence-electron chi connectivity index (χ3n) is 3.76. The molecule has 0 saturated heterocycles. The predicted molar refractivity (Wildman–Crippen MR) is 60.3 cm³/mol. The molecule has 0 aliphatic heterocycles. The van der Waals surface area contributed by atoms with E-state index in [4.69, 9.17) is 0 Å². The van der Waals surface area contributed by atoms with Gasteiger partial charge in [-0.15, -0.1) is 0 Å². The number of rotatable bonds is 2. The van der Waals surface area contributed by atoms with E-state index in [2.05, 4.69) is 35.8 Å². The molecule has 2 rings (SSSR count). The van der Waals surface area contributed by atoms with Crippen LogP contribution < -0.4 is 4.57 Å². The Kier molecular flexibility index (Phi) is 3.34. The normalized spacial score (nSPS) is 26.9. The largest absolute Gasteiger partial charge is 0.252 e. The molecule has 1 fully saturated rings. The molecule has 15 heavy (non-hydrogen) atoms. The summed E-state index contributed by atoms with van der Waals surface area (Å²) >= 11 is 0. The standard InChI is InChI=1S/C13H21N2/c1-11(2)12-3-5-13(6-4-12)15-9-7-14-8-10-15/h7-13H,3-6H2,1-2H3/q+1. The first-order chi connectivity index (χ1) is 7.27. The van der Waals surface area contributed by atoms with Crippen LogP contribution in [0.25, 0.3) is 0 Å². The summed E-state index contributed by atoms with van der Waals surface area (Å²) in [6, 6.07) is 0.711. The second-order valence-corrected chi connectivity index (χ2v) is 5.01. The van der Waals surface area contributed by atoms with Crippen molar-refractivity contribution < 1.29 is 4.57 Å². The molecule has 1 aromatic heterocycles. The molecule has 0 unspecified atom stereocenters. The van der Waals surface area contributed by atoms with Crippen molar-refractivity contribution in [1.82, 2.24) is 4.98 Å². The third-order valence-corrected chi connectivity index (χ3v) is 3.76. The van der Waals surface area contributed by atoms with Gasteiger partial charge in [-0.2, -0.15) is 4.57 Å². The van der Waals surface area contributed by atoms with Crippen LogP contribution in [0.3, 0.4) is 0 Å². The van der Waals surface area contributed by atoms with E-state index in [1.807, 2.05) is 12.4 Å². The molecule has 82 valence electrons. The molecule has 1 saturated carbocycles. The summed E-state index contributed by atoms with van der Waals surface area (Å²) in [5, 5.41) is 0. The van der Waals surface area contributed by atoms with Crippen molar-refractivity contribution >= 4 is 0 Å². The van der Waals surface area contributed by atoms with E-state index in [1.54, 1.807) is 0 Å². The second kappa shape index (κ2) is 4.73. The summed E-state index contributed by atoms with van der Waals surface area (Å²) in [7, 11) is 0. The van der Waals surface area contributed by atoms with Gasteiger partial charge in [0.1, 0.15) is 0 Å². The summed E-state index contributed by atoms with van der Waals surface area (Å²) in [4.78, 5) is 4.06. The van der Waals surface area contributed by atoms with Gasteiger partial charge in [-0.05, 0) is 24.7 Å². The van der Waals surface area contributed by atoms with Crippen molar-refractivity contribution in [3.8, 4) is 0 Å². The van der Waals surface area contributed by atoms with E-state index < -0.39 is 0 Å². The van der Waals surface area contributed by atoms with E-state index >= 15 is 0 Å². The van der Waals surface area contributed by atoms with E-state index in [-0.39, 0.29) is 0 Å². The lowest BCUT2D eigenvalue weighted by Crippen LogP contribution is -2.41. The van der Waals surface area contributed by atoms with Crippen molar-refractivity contribution in [1.29, 1.82) is 0 Å². The van der Waals surface area contributed by atoms with Gasteiger partial charge in [0.05, 0.1) is 12.4 Å². The summed E-state index contributed by atoms with van der Waals surface area (Å²) < 4.78 is 2.32. The molecule has 1 aromatic rings. The maximum Gasteiger partial charge on any atom is 0.187 e. The molecule has 1 aliphatic carbocycles. The Morgan fingerprint density at radius 3 is 2.20 bits per heavy atom. The predicted octanol–water partition coefficient (Wildman–Crippen LogP) is 2.76. The lowest BCUT2D eigenvalue weighted by atomic mass is 9.79. The molecule has 0 spiro atoms. The number of hydrogen-bond acceptors (Lipinski definition) is 1. The van der Waals surface area contributed by atoms with Crippen LogP contribution in [-0.2, 0) is 0 Å². The lowest BCUT2D eigenvalue weighted by molar-refractivity contribution is -0.726. The van der Waals surface area contributed by atoms with Crippen LogP contribution in [0.5, 0.6) is 0 Å². The zero-order valence-corrected chi connectivity index (χ0v) is 9.76. The molecule has 1 aliphatic rings. The number of aromatic nitrogens is 2. The zero-order chi connectivity index (χ0) is 10.7. The van der Waals surface area contributed by atoms with Gasteiger partial charge in [0.15, 0.2) is 18.4 Å². The molecule has 0 N–H and O–H groups in total. The molecule has 0 aromatic carbocycles. The fourth-order valence-electron chi connectivity index (χ4n) is 2.64. The first-order valence-electron chi connectivity index (χ1n) is 6.08. The Morgan fingerprint density at radius 1 is 1.07 bits per heavy atom. The van der Waals surface area contributed by atoms with E-state index in [9.17, 15) is 0 Å². The molecule has 0 bridgehead atoms. The van der Waals surface area contributed by atoms with Crippen LogP contribution in [0.15, 0.2) is 24.8 Å². The second-order valence-electron chi connectivity index (χ2n) is 5.01. The van der Waals surface area contributed by atoms with Gasteiger partial charge >= 0.3 is 0 Å². The monoisotopic (exact) mass is 205 g/mol. The molecule has 0 amide bonds. The Morgan fingerprint density at radius 2 is 1.67 bits per heavy atom. The zero-order valence-electron chi connectivity index (χ0n) is 9.76. The highest BCUT2D eigenvalue weighted by Crippen LogP contribution is 2.33. The van der Waals surface area contributed by atoms with E-state index in [1.165, 1.54) is 25.7 Å². The highest BCUT2D eigenvalue weighted by Gasteiger charge is 2.27. The third kappa shape index (κ3) is 2.55. The molecular weight excluding hydrogens is 184 g/mol. The quantitative estimate of drug-likeness (QED) is 0.678. The summed E-state index contributed by atoms with van der Waals surface area (Å²) in [5.41, 5.74) is 0. The van der Waals surface area contributed by atoms with Crippen LogP contribution in [0.4, 0.5) is 0 Å². The Bertz CT molecular complexity index is 287. The fourth-order valence-corrected chi connectivity index (χ4v) is 2.64. The highest BCUT2D eigenvalue weighted by molar-refractivity contribution is 4.73. The van der Waals surface area contributed by atoms with Crippen molar-refractivity contribution in [2.75, 3.05) is 0 Å². The Balaban J connectivity index is 1.94. The molecule has 0 radical (unpaired) electrons. The van der Waals surface area contributed by atoms with Gasteiger partial charge < -0.3 is 0 Å². The van der Waals surface area contributed by atoms with Crippen LogP contribution in [0.2, 0.25) is 0 Å². The van der Waals surface area contributed by atoms with Crippen LogP contribution in [0.1, 0.15) is 45.6 Å². The van der Waals surface area contributed by atoms with Gasteiger partial charge in [-0.3, -0.25) is 4.98 Å². The fraction of sp³-hybridized carbons (Fsp3) is 0.692. The first kappa shape index (κ1) is 10.6. The van der Waals surface area contributed by atoms with Crippen LogP contribution in [-0.4, -0.2) is 4.98 Å². The average Bonchev–Trinajstić information content (AvgIpc) is 2.30. The molecular formula is C13H21N2+. The topological polar surface area (TPSA) is 16.8 Å². The highest BCUT2D eigenvalue weighted by atomic mass is 15.0. The average molecular weight is 205 g/mol. The number of hydrogen-bond donors (Lipinski definition) is 0. The van der Waals surface area contributed by atoms with Crippen molar-refractivity contribution in [3.63, 3.8) is 0 Å². The van der Waals surface area contributed by atoms with Gasteiger partial charge in [0, 0.05) is 12.8 Å². The Hall–Kier alpha value is -0.920. The molecule has 0 atom stereocenters. The van der Waals surface area contributed by atoms with Crippen molar-refractivity contribution in [2.45, 2.75) is 45.6 Å². The van der Waals surface area contributed by atoms with Crippen molar-refractivity contribution in [2.24, 2.45) is 11.8 Å². The summed E-state index contributed by atoms with van der Waals surface area (Å²) in [5.74, 6) is 1.80. The molecule has 1 heterocycles. The maximum absolute atomic E-state index is 4.06. The molecule has 2 heteroatoms. The van der Waals surface area contributed by atoms with Gasteiger partial charge in [0.25, 0.3) is 0 Å². The molecule has 2 nitrogen and oxygen atoms in total. The minimum absolute atomic E-state index is 0.711. The van der Waals surface area contributed by atoms with Crippen molar-refractivity contribution in [3.05, 3.63) is 24.8 Å². The minimum atomic E-state index is 0.711. The minimum Gasteiger partial charge on any atom is -0.252 e. The number of nitrogens with zero attached hydrogens (tertiary/aromatic N) is 2. The smallest absolute Gasteiger partial charge is 0.187 e.